The minimum atomic E-state index is -0.556. The maximum absolute atomic E-state index is 12.9. The van der Waals surface area contributed by atoms with Crippen LogP contribution in [0.4, 0.5) is 4.79 Å². The summed E-state index contributed by atoms with van der Waals surface area (Å²) in [5.74, 6) is -0.429. The van der Waals surface area contributed by atoms with Crippen molar-refractivity contribution in [2.24, 2.45) is 0 Å². The van der Waals surface area contributed by atoms with Crippen LogP contribution in [0.5, 0.6) is 0 Å². The number of benzene rings is 2. The van der Waals surface area contributed by atoms with Gasteiger partial charge in [-0.25, -0.2) is 4.79 Å². The van der Waals surface area contributed by atoms with E-state index in [0.29, 0.717) is 25.2 Å². The number of amides is 4. The molecule has 1 fully saturated rings. The van der Waals surface area contributed by atoms with Gasteiger partial charge in [0, 0.05) is 31.2 Å². The normalized spacial score (nSPS) is 15.8. The average Bonchev–Trinajstić information content (AvgIpc) is 2.76. The van der Waals surface area contributed by atoms with Crippen LogP contribution in [0.3, 0.4) is 0 Å². The van der Waals surface area contributed by atoms with Gasteiger partial charge in [-0.15, -0.1) is 0 Å². The van der Waals surface area contributed by atoms with E-state index in [2.05, 4.69) is 20.9 Å². The van der Waals surface area contributed by atoms with Gasteiger partial charge in [-0.3, -0.25) is 19.8 Å². The second-order valence-electron chi connectivity index (χ2n) is 7.31. The molecule has 1 atom stereocenters. The quantitative estimate of drug-likeness (QED) is 0.685. The van der Waals surface area contributed by atoms with Crippen molar-refractivity contribution in [2.45, 2.75) is 31.8 Å². The average molecular weight is 409 g/mol. The van der Waals surface area contributed by atoms with E-state index in [0.717, 1.165) is 18.4 Å². The van der Waals surface area contributed by atoms with Crippen molar-refractivity contribution in [2.75, 3.05) is 19.6 Å². The lowest BCUT2D eigenvalue weighted by Crippen LogP contribution is -2.50. The maximum atomic E-state index is 12.9. The summed E-state index contributed by atoms with van der Waals surface area (Å²) in [5.41, 5.74) is 1.48. The molecule has 0 radical (unpaired) electrons. The third-order valence-electron chi connectivity index (χ3n) is 5.20. The molecular formula is C23H28N4O3. The van der Waals surface area contributed by atoms with Gasteiger partial charge in [0.15, 0.2) is 0 Å². The molecule has 0 spiro atoms. The predicted molar refractivity (Wildman–Crippen MR) is 115 cm³/mol. The first-order chi connectivity index (χ1) is 14.6. The number of hydrogen-bond donors (Lipinski definition) is 3. The van der Waals surface area contributed by atoms with Crippen LogP contribution >= 0.6 is 0 Å². The molecule has 1 saturated heterocycles. The highest BCUT2D eigenvalue weighted by atomic mass is 16.2. The first-order valence-electron chi connectivity index (χ1n) is 10.3. The van der Waals surface area contributed by atoms with E-state index < -0.39 is 12.1 Å². The standard InChI is InChI=1S/C23H28N4O3/c1-2-24-23(30)26-22(29)20(17-9-5-3-6-10-17)27-15-13-19(14-16-27)25-21(28)18-11-7-4-8-12-18/h3-12,19-20H,2,13-16H2,1H3,(H,25,28)(H2,24,26,29,30)/t20-/m0/s1. The number of urea groups is 1. The molecule has 1 heterocycles. The Kier molecular flexibility index (Phi) is 7.57. The van der Waals surface area contributed by atoms with Crippen molar-refractivity contribution in [1.82, 2.24) is 20.9 Å². The summed E-state index contributed by atoms with van der Waals surface area (Å²) in [7, 11) is 0. The molecule has 1 aliphatic rings. The number of likely N-dealkylation sites (tertiary alicyclic amines) is 1. The largest absolute Gasteiger partial charge is 0.349 e. The summed E-state index contributed by atoms with van der Waals surface area (Å²) in [6.45, 7) is 3.53. The molecule has 7 nitrogen and oxygen atoms in total. The molecule has 158 valence electrons. The number of rotatable bonds is 6. The lowest BCUT2D eigenvalue weighted by atomic mass is 9.98. The Bertz CT molecular complexity index is 849. The second kappa shape index (κ2) is 10.5. The number of imide groups is 1. The Morgan fingerprint density at radius 2 is 1.57 bits per heavy atom. The molecule has 0 unspecified atom stereocenters. The number of carbonyl (C=O) groups is 3. The summed E-state index contributed by atoms with van der Waals surface area (Å²) in [5, 5.41) is 8.12. The highest BCUT2D eigenvalue weighted by molar-refractivity contribution is 5.97. The highest BCUT2D eigenvalue weighted by Gasteiger charge is 2.32. The van der Waals surface area contributed by atoms with Gasteiger partial charge in [0.1, 0.15) is 6.04 Å². The number of nitrogens with zero attached hydrogens (tertiary/aromatic N) is 1. The SMILES string of the molecule is CCNC(=O)NC(=O)[C@H](c1ccccc1)N1CCC(NC(=O)c2ccccc2)CC1. The zero-order valence-corrected chi connectivity index (χ0v) is 17.1. The van der Waals surface area contributed by atoms with Crippen molar-refractivity contribution in [3.05, 3.63) is 71.8 Å². The van der Waals surface area contributed by atoms with Gasteiger partial charge in [-0.2, -0.15) is 0 Å². The molecule has 7 heteroatoms. The van der Waals surface area contributed by atoms with Crippen molar-refractivity contribution < 1.29 is 14.4 Å². The third-order valence-corrected chi connectivity index (χ3v) is 5.20. The lowest BCUT2D eigenvalue weighted by Gasteiger charge is -2.37. The van der Waals surface area contributed by atoms with Gasteiger partial charge >= 0.3 is 6.03 Å². The molecule has 1 aliphatic heterocycles. The van der Waals surface area contributed by atoms with E-state index in [4.69, 9.17) is 0 Å². The minimum absolute atomic E-state index is 0.0526. The Hall–Kier alpha value is -3.19. The van der Waals surface area contributed by atoms with Gasteiger partial charge in [-0.05, 0) is 37.5 Å². The molecule has 30 heavy (non-hydrogen) atoms. The fourth-order valence-electron chi connectivity index (χ4n) is 3.71. The summed E-state index contributed by atoms with van der Waals surface area (Å²) in [4.78, 5) is 39.2. The van der Waals surface area contributed by atoms with Gasteiger partial charge in [0.25, 0.3) is 5.91 Å². The first kappa shape index (κ1) is 21.5. The third kappa shape index (κ3) is 5.67. The monoisotopic (exact) mass is 408 g/mol. The molecule has 3 N–H and O–H groups in total. The van der Waals surface area contributed by atoms with Gasteiger partial charge in [0.2, 0.25) is 5.91 Å². The van der Waals surface area contributed by atoms with E-state index >= 15 is 0 Å². The first-order valence-corrected chi connectivity index (χ1v) is 10.3. The van der Waals surface area contributed by atoms with Crippen molar-refractivity contribution in [3.8, 4) is 0 Å². The smallest absolute Gasteiger partial charge is 0.321 e. The van der Waals surface area contributed by atoms with Crippen LogP contribution in [-0.4, -0.2) is 48.4 Å². The number of carbonyl (C=O) groups excluding carboxylic acids is 3. The van der Waals surface area contributed by atoms with Crippen LogP contribution in [0.25, 0.3) is 0 Å². The zero-order valence-electron chi connectivity index (χ0n) is 17.1. The highest BCUT2D eigenvalue weighted by Crippen LogP contribution is 2.25. The van der Waals surface area contributed by atoms with E-state index in [1.54, 1.807) is 19.1 Å². The molecule has 0 bridgehead atoms. The molecule has 3 rings (SSSR count). The van der Waals surface area contributed by atoms with Crippen molar-refractivity contribution in [1.29, 1.82) is 0 Å². The maximum Gasteiger partial charge on any atom is 0.321 e. The van der Waals surface area contributed by atoms with Crippen LogP contribution in [0.15, 0.2) is 60.7 Å². The Morgan fingerprint density at radius 3 is 2.17 bits per heavy atom. The molecular weight excluding hydrogens is 380 g/mol. The second-order valence-corrected chi connectivity index (χ2v) is 7.31. The fraction of sp³-hybridized carbons (Fsp3) is 0.348. The van der Waals surface area contributed by atoms with E-state index in [1.165, 1.54) is 0 Å². The Morgan fingerprint density at radius 1 is 0.967 bits per heavy atom. The Balaban J connectivity index is 1.64. The van der Waals surface area contributed by atoms with Gasteiger partial charge < -0.3 is 10.6 Å². The lowest BCUT2D eigenvalue weighted by molar-refractivity contribution is -0.126. The van der Waals surface area contributed by atoms with Crippen LogP contribution < -0.4 is 16.0 Å². The van der Waals surface area contributed by atoms with Gasteiger partial charge in [-0.1, -0.05) is 48.5 Å². The topological polar surface area (TPSA) is 90.5 Å². The van der Waals surface area contributed by atoms with Crippen LogP contribution in [0, 0.1) is 0 Å². The Labute approximate surface area is 176 Å². The summed E-state index contributed by atoms with van der Waals surface area (Å²) >= 11 is 0. The van der Waals surface area contributed by atoms with E-state index in [-0.39, 0.29) is 17.9 Å². The zero-order chi connectivity index (χ0) is 21.3. The molecule has 4 amide bonds. The van der Waals surface area contributed by atoms with Crippen LogP contribution in [-0.2, 0) is 4.79 Å². The molecule has 0 aromatic heterocycles. The predicted octanol–water partition coefficient (Wildman–Crippen LogP) is 2.47. The molecule has 0 saturated carbocycles. The van der Waals surface area contributed by atoms with E-state index in [9.17, 15) is 14.4 Å². The minimum Gasteiger partial charge on any atom is -0.349 e. The number of nitrogens with one attached hydrogen (secondary N) is 3. The number of piperidine rings is 1. The van der Waals surface area contributed by atoms with Crippen molar-refractivity contribution >= 4 is 17.8 Å². The molecule has 0 aliphatic carbocycles. The summed E-state index contributed by atoms with van der Waals surface area (Å²) < 4.78 is 0. The van der Waals surface area contributed by atoms with E-state index in [1.807, 2.05) is 48.5 Å². The number of hydrogen-bond acceptors (Lipinski definition) is 4. The van der Waals surface area contributed by atoms with Crippen LogP contribution in [0.1, 0.15) is 41.7 Å². The molecule has 2 aromatic carbocycles. The van der Waals surface area contributed by atoms with Gasteiger partial charge in [0.05, 0.1) is 0 Å². The fourth-order valence-corrected chi connectivity index (χ4v) is 3.71. The molecule has 2 aromatic rings. The van der Waals surface area contributed by atoms with Crippen molar-refractivity contribution in [3.63, 3.8) is 0 Å². The van der Waals surface area contributed by atoms with Crippen LogP contribution in [0.2, 0.25) is 0 Å². The summed E-state index contributed by atoms with van der Waals surface area (Å²) in [6.07, 6.45) is 1.46. The summed E-state index contributed by atoms with van der Waals surface area (Å²) in [6, 6.07) is 17.6.